The second kappa shape index (κ2) is 4.75. The molecule has 1 atom stereocenters. The quantitative estimate of drug-likeness (QED) is 0.827. The Morgan fingerprint density at radius 1 is 1.33 bits per heavy atom. The minimum Gasteiger partial charge on any atom is -0.468 e. The summed E-state index contributed by atoms with van der Waals surface area (Å²) in [6, 6.07) is 9.98. The molecular formula is C12H14N2O. The van der Waals surface area contributed by atoms with Gasteiger partial charge in [0.2, 0.25) is 0 Å². The number of nitrogens with one attached hydrogen (secondary N) is 1. The van der Waals surface area contributed by atoms with E-state index in [4.69, 9.17) is 4.42 Å². The number of nitrogens with zero attached hydrogens (tertiary/aromatic N) is 1. The first kappa shape index (κ1) is 9.93. The first-order valence-corrected chi connectivity index (χ1v) is 5.03. The molecule has 0 aliphatic rings. The van der Waals surface area contributed by atoms with Gasteiger partial charge in [-0.1, -0.05) is 6.07 Å². The van der Waals surface area contributed by atoms with Crippen molar-refractivity contribution in [1.29, 1.82) is 0 Å². The molecule has 2 aromatic heterocycles. The maximum Gasteiger partial charge on any atom is 0.120 e. The lowest BCUT2D eigenvalue weighted by atomic mass is 10.2. The number of hydrogen-bond acceptors (Lipinski definition) is 3. The Kier molecular flexibility index (Phi) is 3.15. The van der Waals surface area contributed by atoms with Crippen LogP contribution in [0.15, 0.2) is 47.2 Å². The van der Waals surface area contributed by atoms with Crippen molar-refractivity contribution < 1.29 is 4.42 Å². The van der Waals surface area contributed by atoms with E-state index >= 15 is 0 Å². The minimum absolute atomic E-state index is 0.210. The lowest BCUT2D eigenvalue weighted by Gasteiger charge is -2.10. The number of rotatable bonds is 4. The SMILES string of the molecule is C[C@H](NCc1ccccn1)c1ccco1. The van der Waals surface area contributed by atoms with Crippen LogP contribution >= 0.6 is 0 Å². The van der Waals surface area contributed by atoms with Crippen molar-refractivity contribution in [2.75, 3.05) is 0 Å². The van der Waals surface area contributed by atoms with E-state index in [1.807, 2.05) is 30.3 Å². The lowest BCUT2D eigenvalue weighted by molar-refractivity contribution is 0.429. The molecule has 1 N–H and O–H groups in total. The Hall–Kier alpha value is -1.61. The molecule has 0 saturated heterocycles. The lowest BCUT2D eigenvalue weighted by Crippen LogP contribution is -2.18. The molecule has 0 amide bonds. The smallest absolute Gasteiger partial charge is 0.120 e. The van der Waals surface area contributed by atoms with Crippen LogP contribution in [0.4, 0.5) is 0 Å². The first-order valence-electron chi connectivity index (χ1n) is 5.03. The van der Waals surface area contributed by atoms with E-state index in [-0.39, 0.29) is 6.04 Å². The first-order chi connectivity index (χ1) is 7.36. The zero-order chi connectivity index (χ0) is 10.5. The predicted octanol–water partition coefficient (Wildman–Crippen LogP) is 2.53. The fraction of sp³-hybridized carbons (Fsp3) is 0.250. The van der Waals surface area contributed by atoms with E-state index in [0.717, 1.165) is 18.0 Å². The van der Waals surface area contributed by atoms with E-state index in [9.17, 15) is 0 Å². The summed E-state index contributed by atoms with van der Waals surface area (Å²) in [5.74, 6) is 0.950. The van der Waals surface area contributed by atoms with Crippen LogP contribution in [0.3, 0.4) is 0 Å². The number of pyridine rings is 1. The van der Waals surface area contributed by atoms with E-state index < -0.39 is 0 Å². The molecule has 3 nitrogen and oxygen atoms in total. The van der Waals surface area contributed by atoms with Crippen LogP contribution < -0.4 is 5.32 Å². The topological polar surface area (TPSA) is 38.1 Å². The van der Waals surface area contributed by atoms with Gasteiger partial charge < -0.3 is 9.73 Å². The summed E-state index contributed by atoms with van der Waals surface area (Å²) in [6.07, 6.45) is 3.49. The largest absolute Gasteiger partial charge is 0.468 e. The predicted molar refractivity (Wildman–Crippen MR) is 58.2 cm³/mol. The van der Waals surface area contributed by atoms with Crippen molar-refractivity contribution in [3.8, 4) is 0 Å². The molecule has 0 radical (unpaired) electrons. The van der Waals surface area contributed by atoms with Crippen LogP contribution in [0.2, 0.25) is 0 Å². The molecule has 2 aromatic rings. The zero-order valence-corrected chi connectivity index (χ0v) is 8.68. The van der Waals surface area contributed by atoms with Crippen LogP contribution in [0.25, 0.3) is 0 Å². The summed E-state index contributed by atoms with van der Waals surface area (Å²) in [7, 11) is 0. The van der Waals surface area contributed by atoms with Gasteiger partial charge in [0, 0.05) is 12.7 Å². The van der Waals surface area contributed by atoms with Crippen LogP contribution in [0.1, 0.15) is 24.4 Å². The van der Waals surface area contributed by atoms with Gasteiger partial charge in [0.05, 0.1) is 18.0 Å². The normalized spacial score (nSPS) is 12.6. The molecule has 0 aliphatic heterocycles. The Morgan fingerprint density at radius 3 is 2.93 bits per heavy atom. The van der Waals surface area contributed by atoms with Crippen molar-refractivity contribution in [3.63, 3.8) is 0 Å². The summed E-state index contributed by atoms with van der Waals surface area (Å²) in [5, 5.41) is 3.35. The molecule has 3 heteroatoms. The molecule has 0 aliphatic carbocycles. The van der Waals surface area contributed by atoms with Crippen LogP contribution in [0.5, 0.6) is 0 Å². The zero-order valence-electron chi connectivity index (χ0n) is 8.68. The number of hydrogen-bond donors (Lipinski definition) is 1. The van der Waals surface area contributed by atoms with Gasteiger partial charge in [-0.3, -0.25) is 4.98 Å². The molecule has 78 valence electrons. The Morgan fingerprint density at radius 2 is 2.27 bits per heavy atom. The van der Waals surface area contributed by atoms with Gasteiger partial charge in [0.1, 0.15) is 5.76 Å². The van der Waals surface area contributed by atoms with Crippen molar-refractivity contribution in [2.45, 2.75) is 19.5 Å². The standard InChI is InChI=1S/C12H14N2O/c1-10(12-6-4-8-15-12)14-9-11-5-2-3-7-13-11/h2-8,10,14H,9H2,1H3/t10-/m0/s1. The average molecular weight is 202 g/mol. The van der Waals surface area contributed by atoms with Gasteiger partial charge in [-0.05, 0) is 31.2 Å². The Balaban J connectivity index is 1.89. The summed E-state index contributed by atoms with van der Waals surface area (Å²) in [5.41, 5.74) is 1.04. The highest BCUT2D eigenvalue weighted by molar-refractivity contribution is 5.06. The highest BCUT2D eigenvalue weighted by atomic mass is 16.3. The Bertz CT molecular complexity index is 383. The molecule has 0 unspecified atom stereocenters. The maximum atomic E-state index is 5.30. The third kappa shape index (κ3) is 2.67. The molecule has 0 aromatic carbocycles. The van der Waals surface area contributed by atoms with Crippen LogP contribution in [-0.2, 0) is 6.54 Å². The van der Waals surface area contributed by atoms with Crippen molar-refractivity contribution in [2.24, 2.45) is 0 Å². The van der Waals surface area contributed by atoms with E-state index in [0.29, 0.717) is 0 Å². The van der Waals surface area contributed by atoms with Gasteiger partial charge in [-0.2, -0.15) is 0 Å². The molecule has 0 fully saturated rings. The summed E-state index contributed by atoms with van der Waals surface area (Å²) in [6.45, 7) is 2.82. The van der Waals surface area contributed by atoms with Gasteiger partial charge in [-0.25, -0.2) is 0 Å². The molecular weight excluding hydrogens is 188 g/mol. The average Bonchev–Trinajstić information content (AvgIpc) is 2.81. The summed E-state index contributed by atoms with van der Waals surface area (Å²) >= 11 is 0. The summed E-state index contributed by atoms with van der Waals surface area (Å²) < 4.78 is 5.30. The second-order valence-corrected chi connectivity index (χ2v) is 3.44. The molecule has 0 bridgehead atoms. The fourth-order valence-corrected chi connectivity index (χ4v) is 1.40. The van der Waals surface area contributed by atoms with E-state index in [1.165, 1.54) is 0 Å². The molecule has 2 rings (SSSR count). The third-order valence-corrected chi connectivity index (χ3v) is 2.29. The third-order valence-electron chi connectivity index (χ3n) is 2.29. The number of furan rings is 1. The van der Waals surface area contributed by atoms with Crippen molar-refractivity contribution >= 4 is 0 Å². The summed E-state index contributed by atoms with van der Waals surface area (Å²) in [4.78, 5) is 4.24. The molecule has 15 heavy (non-hydrogen) atoms. The van der Waals surface area contributed by atoms with Crippen molar-refractivity contribution in [1.82, 2.24) is 10.3 Å². The fourth-order valence-electron chi connectivity index (χ4n) is 1.40. The van der Waals surface area contributed by atoms with Crippen LogP contribution in [0, 0.1) is 0 Å². The molecule has 0 saturated carbocycles. The van der Waals surface area contributed by atoms with Gasteiger partial charge >= 0.3 is 0 Å². The molecule has 0 spiro atoms. The van der Waals surface area contributed by atoms with Gasteiger partial charge in [-0.15, -0.1) is 0 Å². The van der Waals surface area contributed by atoms with E-state index in [1.54, 1.807) is 12.5 Å². The highest BCUT2D eigenvalue weighted by Gasteiger charge is 2.06. The minimum atomic E-state index is 0.210. The molecule has 2 heterocycles. The highest BCUT2D eigenvalue weighted by Crippen LogP contribution is 2.12. The second-order valence-electron chi connectivity index (χ2n) is 3.44. The monoisotopic (exact) mass is 202 g/mol. The van der Waals surface area contributed by atoms with Crippen molar-refractivity contribution in [3.05, 3.63) is 54.2 Å². The number of aromatic nitrogens is 1. The van der Waals surface area contributed by atoms with E-state index in [2.05, 4.69) is 17.2 Å². The van der Waals surface area contributed by atoms with Gasteiger partial charge in [0.15, 0.2) is 0 Å². The Labute approximate surface area is 89.1 Å². The van der Waals surface area contributed by atoms with Crippen LogP contribution in [-0.4, -0.2) is 4.98 Å². The van der Waals surface area contributed by atoms with Gasteiger partial charge in [0.25, 0.3) is 0 Å². The maximum absolute atomic E-state index is 5.30.